The van der Waals surface area contributed by atoms with Gasteiger partial charge in [-0.05, 0) is 44.7 Å². The number of pyridine rings is 1. The predicted molar refractivity (Wildman–Crippen MR) is 72.4 cm³/mol. The van der Waals surface area contributed by atoms with E-state index in [1.54, 1.807) is 0 Å². The third-order valence-corrected chi connectivity index (χ3v) is 3.70. The monoisotopic (exact) mass is 282 g/mol. The van der Waals surface area contributed by atoms with Gasteiger partial charge in [0.15, 0.2) is 0 Å². The zero-order valence-electron chi connectivity index (χ0n) is 9.82. The van der Waals surface area contributed by atoms with Crippen LogP contribution in [0.15, 0.2) is 18.2 Å². The summed E-state index contributed by atoms with van der Waals surface area (Å²) in [5, 5.41) is 1.08. The first-order valence-electron chi connectivity index (χ1n) is 6.07. The number of rotatable bonds is 3. The zero-order valence-corrected chi connectivity index (χ0v) is 11.4. The van der Waals surface area contributed by atoms with Gasteiger partial charge in [-0.15, -0.1) is 0 Å². The Kier molecular flexibility index (Phi) is 4.22. The second-order valence-electron chi connectivity index (χ2n) is 4.46. The van der Waals surface area contributed by atoms with Crippen molar-refractivity contribution in [3.63, 3.8) is 0 Å². The lowest BCUT2D eigenvalue weighted by Gasteiger charge is -2.36. The summed E-state index contributed by atoms with van der Waals surface area (Å²) in [6, 6.07) is 6.98. The maximum Gasteiger partial charge on any atom is 0.129 e. The summed E-state index contributed by atoms with van der Waals surface area (Å²) in [7, 11) is 0. The Labute approximate surface area is 106 Å². The Bertz CT molecular complexity index is 338. The molecule has 0 spiro atoms. The average Bonchev–Trinajstić information content (AvgIpc) is 2.30. The molecule has 0 amide bonds. The van der Waals surface area contributed by atoms with Gasteiger partial charge >= 0.3 is 0 Å². The molecule has 0 N–H and O–H groups in total. The van der Waals surface area contributed by atoms with Gasteiger partial charge in [-0.3, -0.25) is 0 Å². The molecule has 1 aromatic rings. The van der Waals surface area contributed by atoms with Crippen molar-refractivity contribution in [3.8, 4) is 0 Å². The largest absolute Gasteiger partial charge is 0.354 e. The fraction of sp³-hybridized carbons (Fsp3) is 0.615. The number of hydrogen-bond donors (Lipinski definition) is 0. The molecule has 1 atom stereocenters. The van der Waals surface area contributed by atoms with Crippen molar-refractivity contribution in [3.05, 3.63) is 23.9 Å². The highest BCUT2D eigenvalue weighted by atomic mass is 79.9. The molecule has 1 aliphatic heterocycles. The Morgan fingerprint density at radius 3 is 3.06 bits per heavy atom. The summed E-state index contributed by atoms with van der Waals surface area (Å²) in [6.07, 6.45) is 5.19. The number of nitrogens with zero attached hydrogens (tertiary/aromatic N) is 2. The molecule has 1 unspecified atom stereocenters. The molecule has 3 heteroatoms. The number of anilines is 1. The van der Waals surface area contributed by atoms with Crippen LogP contribution < -0.4 is 4.90 Å². The summed E-state index contributed by atoms with van der Waals surface area (Å²) in [4.78, 5) is 7.12. The predicted octanol–water partition coefficient (Wildman–Crippen LogP) is 3.53. The molecule has 1 aliphatic rings. The van der Waals surface area contributed by atoms with Crippen LogP contribution >= 0.6 is 15.9 Å². The topological polar surface area (TPSA) is 16.1 Å². The number of alkyl halides is 1. The van der Waals surface area contributed by atoms with E-state index in [2.05, 4.69) is 50.9 Å². The molecular formula is C13H19BrN2. The van der Waals surface area contributed by atoms with E-state index < -0.39 is 0 Å². The molecule has 1 saturated heterocycles. The Hall–Kier alpha value is -0.570. The van der Waals surface area contributed by atoms with Gasteiger partial charge in [-0.1, -0.05) is 22.0 Å². The number of aryl methyl sites for hydroxylation is 1. The summed E-state index contributed by atoms with van der Waals surface area (Å²) < 4.78 is 0. The van der Waals surface area contributed by atoms with Crippen molar-refractivity contribution in [2.45, 2.75) is 38.6 Å². The van der Waals surface area contributed by atoms with Crippen molar-refractivity contribution in [1.29, 1.82) is 0 Å². The number of aromatic nitrogens is 1. The molecule has 0 radical (unpaired) electrons. The molecule has 0 bridgehead atoms. The summed E-state index contributed by atoms with van der Waals surface area (Å²) >= 11 is 3.55. The van der Waals surface area contributed by atoms with Gasteiger partial charge in [0.2, 0.25) is 0 Å². The number of halogens is 1. The van der Waals surface area contributed by atoms with Gasteiger partial charge in [0, 0.05) is 23.6 Å². The van der Waals surface area contributed by atoms with Crippen molar-refractivity contribution >= 4 is 21.7 Å². The van der Waals surface area contributed by atoms with Gasteiger partial charge in [0.1, 0.15) is 5.82 Å². The maximum atomic E-state index is 4.64. The number of piperidine rings is 1. The normalized spacial score (nSPS) is 21.1. The first kappa shape index (κ1) is 11.9. The molecule has 2 rings (SSSR count). The average molecular weight is 283 g/mol. The molecular weight excluding hydrogens is 264 g/mol. The summed E-state index contributed by atoms with van der Waals surface area (Å²) in [5.74, 6) is 1.16. The van der Waals surface area contributed by atoms with Crippen LogP contribution in [0.3, 0.4) is 0 Å². The van der Waals surface area contributed by atoms with E-state index in [4.69, 9.17) is 0 Å². The van der Waals surface area contributed by atoms with Crippen LogP contribution in [0.2, 0.25) is 0 Å². The maximum absolute atomic E-state index is 4.64. The van der Waals surface area contributed by atoms with Gasteiger partial charge in [-0.2, -0.15) is 0 Å². The van der Waals surface area contributed by atoms with Gasteiger partial charge in [-0.25, -0.2) is 4.98 Å². The van der Waals surface area contributed by atoms with Crippen LogP contribution in [0.25, 0.3) is 0 Å². The highest BCUT2D eigenvalue weighted by molar-refractivity contribution is 9.09. The quantitative estimate of drug-likeness (QED) is 0.789. The number of hydrogen-bond acceptors (Lipinski definition) is 2. The highest BCUT2D eigenvalue weighted by Gasteiger charge is 2.22. The molecule has 1 aromatic heterocycles. The molecule has 1 fully saturated rings. The Morgan fingerprint density at radius 2 is 2.31 bits per heavy atom. The van der Waals surface area contributed by atoms with E-state index in [1.165, 1.54) is 25.7 Å². The van der Waals surface area contributed by atoms with E-state index in [0.29, 0.717) is 6.04 Å². The van der Waals surface area contributed by atoms with E-state index in [-0.39, 0.29) is 0 Å². The van der Waals surface area contributed by atoms with Crippen LogP contribution in [0.5, 0.6) is 0 Å². The minimum atomic E-state index is 0.669. The SMILES string of the molecule is Cc1cccc(N2CCCCC2CCBr)n1. The Balaban J connectivity index is 2.16. The smallest absolute Gasteiger partial charge is 0.129 e. The molecule has 0 aliphatic carbocycles. The zero-order chi connectivity index (χ0) is 11.4. The minimum Gasteiger partial charge on any atom is -0.354 e. The minimum absolute atomic E-state index is 0.669. The lowest BCUT2D eigenvalue weighted by Crippen LogP contribution is -2.40. The van der Waals surface area contributed by atoms with Crippen molar-refractivity contribution in [2.24, 2.45) is 0 Å². The molecule has 88 valence electrons. The molecule has 16 heavy (non-hydrogen) atoms. The van der Waals surface area contributed by atoms with Gasteiger partial charge in [0.25, 0.3) is 0 Å². The van der Waals surface area contributed by atoms with Crippen molar-refractivity contribution in [2.75, 3.05) is 16.8 Å². The first-order valence-corrected chi connectivity index (χ1v) is 7.19. The lowest BCUT2D eigenvalue weighted by molar-refractivity contribution is 0.449. The van der Waals surface area contributed by atoms with Crippen LogP contribution in [-0.4, -0.2) is 22.9 Å². The fourth-order valence-electron chi connectivity index (χ4n) is 2.42. The van der Waals surface area contributed by atoms with Gasteiger partial charge < -0.3 is 4.90 Å². The highest BCUT2D eigenvalue weighted by Crippen LogP contribution is 2.25. The van der Waals surface area contributed by atoms with E-state index in [0.717, 1.165) is 23.4 Å². The van der Waals surface area contributed by atoms with E-state index >= 15 is 0 Å². The summed E-state index contributed by atoms with van der Waals surface area (Å²) in [5.41, 5.74) is 1.11. The third-order valence-electron chi connectivity index (χ3n) is 3.24. The van der Waals surface area contributed by atoms with Crippen LogP contribution in [0.4, 0.5) is 5.82 Å². The lowest BCUT2D eigenvalue weighted by atomic mass is 10.00. The van der Waals surface area contributed by atoms with E-state index in [9.17, 15) is 0 Å². The standard InChI is InChI=1S/C13H19BrN2/c1-11-5-4-7-13(15-11)16-10-3-2-6-12(16)8-9-14/h4-5,7,12H,2-3,6,8-10H2,1H3. The van der Waals surface area contributed by atoms with Crippen LogP contribution in [-0.2, 0) is 0 Å². The van der Waals surface area contributed by atoms with Gasteiger partial charge in [0.05, 0.1) is 0 Å². The van der Waals surface area contributed by atoms with Crippen molar-refractivity contribution in [1.82, 2.24) is 4.98 Å². The van der Waals surface area contributed by atoms with Crippen LogP contribution in [0.1, 0.15) is 31.4 Å². The summed E-state index contributed by atoms with van der Waals surface area (Å²) in [6.45, 7) is 3.22. The first-order chi connectivity index (χ1) is 7.81. The molecule has 0 saturated carbocycles. The second kappa shape index (κ2) is 5.67. The molecule has 2 nitrogen and oxygen atoms in total. The Morgan fingerprint density at radius 1 is 1.44 bits per heavy atom. The molecule has 0 aromatic carbocycles. The fourth-order valence-corrected chi connectivity index (χ4v) is 2.95. The third kappa shape index (κ3) is 2.76. The van der Waals surface area contributed by atoms with Crippen molar-refractivity contribution < 1.29 is 0 Å². The molecule has 2 heterocycles. The second-order valence-corrected chi connectivity index (χ2v) is 5.25. The van der Waals surface area contributed by atoms with E-state index in [1.807, 2.05) is 0 Å². The van der Waals surface area contributed by atoms with Crippen LogP contribution in [0, 0.1) is 6.92 Å².